The van der Waals surface area contributed by atoms with E-state index in [0.29, 0.717) is 11.1 Å². The number of carboxylic acids is 1. The fraction of sp³-hybridized carbons (Fsp3) is 0.150. The number of carbonyl (C=O) groups excluding carboxylic acids is 2. The molecule has 0 aliphatic carbocycles. The smallest absolute Gasteiger partial charge is 0.323 e. The van der Waals surface area contributed by atoms with Gasteiger partial charge in [0.25, 0.3) is 11.7 Å². The lowest BCUT2D eigenvalue weighted by Crippen LogP contribution is -2.34. The largest absolute Gasteiger partial charge is 0.507 e. The standard InChI is InChI=1S/C20H17NO5/c1-12-7-9-13(10-8-12)17-16(18(24)14-5-3-2-4-6-14)19(25)20(26)21(17)11-15(22)23/h2-10,17,24H,11H2,1H3,(H,22,23)/b18-16+/t17-/m0/s1. The molecule has 2 aromatic rings. The Labute approximate surface area is 150 Å². The molecule has 1 heterocycles. The highest BCUT2D eigenvalue weighted by atomic mass is 16.4. The molecule has 2 aromatic carbocycles. The predicted octanol–water partition coefficient (Wildman–Crippen LogP) is 2.50. The Kier molecular flexibility index (Phi) is 4.58. The predicted molar refractivity (Wildman–Crippen MR) is 94.3 cm³/mol. The molecule has 0 bridgehead atoms. The summed E-state index contributed by atoms with van der Waals surface area (Å²) in [6.07, 6.45) is 0. The van der Waals surface area contributed by atoms with Gasteiger partial charge in [0.15, 0.2) is 0 Å². The van der Waals surface area contributed by atoms with Crippen LogP contribution < -0.4 is 0 Å². The number of hydrogen-bond donors (Lipinski definition) is 2. The number of aliphatic carboxylic acids is 1. The Balaban J connectivity index is 2.19. The molecule has 2 N–H and O–H groups in total. The molecular formula is C20H17NO5. The maximum absolute atomic E-state index is 12.6. The molecule has 6 nitrogen and oxygen atoms in total. The summed E-state index contributed by atoms with van der Waals surface area (Å²) < 4.78 is 0. The van der Waals surface area contributed by atoms with E-state index in [0.717, 1.165) is 10.5 Å². The maximum Gasteiger partial charge on any atom is 0.323 e. The van der Waals surface area contributed by atoms with E-state index >= 15 is 0 Å². The molecule has 132 valence electrons. The summed E-state index contributed by atoms with van der Waals surface area (Å²) in [6, 6.07) is 14.5. The van der Waals surface area contributed by atoms with Gasteiger partial charge in [-0.15, -0.1) is 0 Å². The number of hydrogen-bond acceptors (Lipinski definition) is 4. The van der Waals surface area contributed by atoms with Crippen LogP contribution in [0, 0.1) is 6.92 Å². The Morgan fingerprint density at radius 2 is 1.62 bits per heavy atom. The number of nitrogens with zero attached hydrogens (tertiary/aromatic N) is 1. The molecule has 1 aliphatic rings. The number of amides is 1. The average molecular weight is 351 g/mol. The summed E-state index contributed by atoms with van der Waals surface area (Å²) in [5.41, 5.74) is 1.82. The summed E-state index contributed by atoms with van der Waals surface area (Å²) in [6.45, 7) is 1.26. The minimum Gasteiger partial charge on any atom is -0.507 e. The van der Waals surface area contributed by atoms with Crippen molar-refractivity contribution in [1.29, 1.82) is 0 Å². The number of aryl methyl sites for hydroxylation is 1. The van der Waals surface area contributed by atoms with Crippen molar-refractivity contribution in [3.05, 3.63) is 76.9 Å². The lowest BCUT2D eigenvalue weighted by Gasteiger charge is -2.23. The number of aliphatic hydroxyl groups excluding tert-OH is 1. The number of Topliss-reactive ketones (excluding diaryl/α,β-unsaturated/α-hetero) is 1. The van der Waals surface area contributed by atoms with Crippen molar-refractivity contribution in [2.75, 3.05) is 6.54 Å². The van der Waals surface area contributed by atoms with E-state index in [-0.39, 0.29) is 11.3 Å². The first-order chi connectivity index (χ1) is 12.4. The van der Waals surface area contributed by atoms with Gasteiger partial charge in [-0.1, -0.05) is 60.2 Å². The molecular weight excluding hydrogens is 334 g/mol. The summed E-state index contributed by atoms with van der Waals surface area (Å²) in [5, 5.41) is 19.8. The van der Waals surface area contributed by atoms with E-state index in [2.05, 4.69) is 0 Å². The normalized spacial score (nSPS) is 19.0. The van der Waals surface area contributed by atoms with Crippen LogP contribution in [0.4, 0.5) is 0 Å². The van der Waals surface area contributed by atoms with Gasteiger partial charge in [-0.2, -0.15) is 0 Å². The third-order valence-electron chi connectivity index (χ3n) is 4.29. The van der Waals surface area contributed by atoms with Crippen LogP contribution >= 0.6 is 0 Å². The SMILES string of the molecule is Cc1ccc([C@H]2/C(=C(\O)c3ccccc3)C(=O)C(=O)N2CC(=O)O)cc1. The van der Waals surface area contributed by atoms with Crippen LogP contribution in [0.2, 0.25) is 0 Å². The third kappa shape index (κ3) is 3.09. The average Bonchev–Trinajstić information content (AvgIpc) is 2.87. The molecule has 0 saturated carbocycles. The van der Waals surface area contributed by atoms with Crippen LogP contribution in [-0.2, 0) is 14.4 Å². The maximum atomic E-state index is 12.6. The van der Waals surface area contributed by atoms with Crippen molar-refractivity contribution in [3.8, 4) is 0 Å². The van der Waals surface area contributed by atoms with Crippen molar-refractivity contribution < 1.29 is 24.6 Å². The topological polar surface area (TPSA) is 94.9 Å². The number of rotatable bonds is 4. The van der Waals surface area contributed by atoms with E-state index in [4.69, 9.17) is 5.11 Å². The Morgan fingerprint density at radius 3 is 2.19 bits per heavy atom. The number of benzene rings is 2. The van der Waals surface area contributed by atoms with Gasteiger partial charge in [0.05, 0.1) is 11.6 Å². The van der Waals surface area contributed by atoms with Gasteiger partial charge in [0, 0.05) is 5.56 Å². The minimum absolute atomic E-state index is 0.105. The lowest BCUT2D eigenvalue weighted by molar-refractivity contribution is -0.146. The first-order valence-electron chi connectivity index (χ1n) is 8.02. The van der Waals surface area contributed by atoms with Crippen LogP contribution in [0.25, 0.3) is 5.76 Å². The highest BCUT2D eigenvalue weighted by Crippen LogP contribution is 2.39. The van der Waals surface area contributed by atoms with Crippen LogP contribution in [0.1, 0.15) is 22.7 Å². The summed E-state index contributed by atoms with van der Waals surface area (Å²) >= 11 is 0. The van der Waals surface area contributed by atoms with Crippen molar-refractivity contribution in [2.24, 2.45) is 0 Å². The summed E-state index contributed by atoms with van der Waals surface area (Å²) in [7, 11) is 0. The zero-order valence-electron chi connectivity index (χ0n) is 14.0. The Bertz CT molecular complexity index is 900. The van der Waals surface area contributed by atoms with Crippen LogP contribution in [0.5, 0.6) is 0 Å². The quantitative estimate of drug-likeness (QED) is 0.501. The summed E-state index contributed by atoms with van der Waals surface area (Å²) in [5.74, 6) is -3.38. The third-order valence-corrected chi connectivity index (χ3v) is 4.29. The van der Waals surface area contributed by atoms with Crippen molar-refractivity contribution in [1.82, 2.24) is 4.90 Å². The van der Waals surface area contributed by atoms with Gasteiger partial charge in [-0.25, -0.2) is 0 Å². The fourth-order valence-corrected chi connectivity index (χ4v) is 3.04. The zero-order valence-corrected chi connectivity index (χ0v) is 14.0. The Hall–Kier alpha value is -3.41. The van der Waals surface area contributed by atoms with E-state index in [1.54, 1.807) is 54.6 Å². The van der Waals surface area contributed by atoms with Gasteiger partial charge in [-0.3, -0.25) is 14.4 Å². The van der Waals surface area contributed by atoms with Crippen LogP contribution in [-0.4, -0.2) is 39.3 Å². The lowest BCUT2D eigenvalue weighted by atomic mass is 9.95. The molecule has 6 heteroatoms. The Morgan fingerprint density at radius 1 is 1.00 bits per heavy atom. The molecule has 3 rings (SSSR count). The van der Waals surface area contributed by atoms with Gasteiger partial charge < -0.3 is 15.1 Å². The van der Waals surface area contributed by atoms with E-state index in [1.165, 1.54) is 0 Å². The second-order valence-corrected chi connectivity index (χ2v) is 6.10. The number of ketones is 1. The molecule has 1 fully saturated rings. The van der Waals surface area contributed by atoms with Gasteiger partial charge in [0.2, 0.25) is 0 Å². The molecule has 1 amide bonds. The molecule has 0 unspecified atom stereocenters. The van der Waals surface area contributed by atoms with Gasteiger partial charge >= 0.3 is 5.97 Å². The highest BCUT2D eigenvalue weighted by molar-refractivity contribution is 6.46. The van der Waals surface area contributed by atoms with Gasteiger partial charge in [-0.05, 0) is 12.5 Å². The van der Waals surface area contributed by atoms with Crippen LogP contribution in [0.3, 0.4) is 0 Å². The molecule has 1 atom stereocenters. The van der Waals surface area contributed by atoms with E-state index < -0.39 is 30.2 Å². The van der Waals surface area contributed by atoms with Crippen LogP contribution in [0.15, 0.2) is 60.2 Å². The summed E-state index contributed by atoms with van der Waals surface area (Å²) in [4.78, 5) is 37.1. The van der Waals surface area contributed by atoms with Crippen molar-refractivity contribution in [3.63, 3.8) is 0 Å². The zero-order chi connectivity index (χ0) is 18.8. The number of aliphatic hydroxyl groups is 1. The van der Waals surface area contributed by atoms with Crippen molar-refractivity contribution in [2.45, 2.75) is 13.0 Å². The molecule has 0 aromatic heterocycles. The first kappa shape index (κ1) is 17.4. The monoisotopic (exact) mass is 351 g/mol. The first-order valence-corrected chi connectivity index (χ1v) is 8.02. The van der Waals surface area contributed by atoms with Gasteiger partial charge in [0.1, 0.15) is 12.3 Å². The molecule has 26 heavy (non-hydrogen) atoms. The second kappa shape index (κ2) is 6.84. The fourth-order valence-electron chi connectivity index (χ4n) is 3.04. The minimum atomic E-state index is -1.23. The number of carboxylic acid groups (broad SMARTS) is 1. The number of carbonyl (C=O) groups is 3. The molecule has 1 aliphatic heterocycles. The van der Waals surface area contributed by atoms with E-state index in [9.17, 15) is 19.5 Å². The molecule has 0 spiro atoms. The second-order valence-electron chi connectivity index (χ2n) is 6.10. The molecule has 1 saturated heterocycles. The molecule has 0 radical (unpaired) electrons. The van der Waals surface area contributed by atoms with Crippen molar-refractivity contribution >= 4 is 23.4 Å². The number of likely N-dealkylation sites (tertiary alicyclic amines) is 1. The highest BCUT2D eigenvalue weighted by Gasteiger charge is 2.46. The van der Waals surface area contributed by atoms with E-state index in [1.807, 2.05) is 6.92 Å².